The fourth-order valence-electron chi connectivity index (χ4n) is 1.56. The van der Waals surface area contributed by atoms with Gasteiger partial charge in [-0.25, -0.2) is 5.84 Å². The first-order valence-corrected chi connectivity index (χ1v) is 5.60. The molecule has 1 fully saturated rings. The summed E-state index contributed by atoms with van der Waals surface area (Å²) in [6.07, 6.45) is 5.32. The Morgan fingerprint density at radius 2 is 2.33 bits per heavy atom. The highest BCUT2D eigenvalue weighted by Crippen LogP contribution is 2.28. The molecule has 0 amide bonds. The summed E-state index contributed by atoms with van der Waals surface area (Å²) >= 11 is 0. The molecule has 5 heteroatoms. The third-order valence-electron chi connectivity index (χ3n) is 2.77. The lowest BCUT2D eigenvalue weighted by Gasteiger charge is -2.24. The lowest BCUT2D eigenvalue weighted by molar-refractivity contribution is 0.203. The second-order valence-electron chi connectivity index (χ2n) is 3.88. The number of rotatable bonds is 6. The zero-order valence-corrected chi connectivity index (χ0v) is 9.46. The first kappa shape index (κ1) is 12.3. The number of nitrogens with one attached hydrogen (secondary N) is 2. The van der Waals surface area contributed by atoms with Crippen LogP contribution in [0, 0.1) is 5.92 Å². The lowest BCUT2D eigenvalue weighted by Crippen LogP contribution is -2.43. The predicted molar refractivity (Wildman–Crippen MR) is 61.5 cm³/mol. The summed E-state index contributed by atoms with van der Waals surface area (Å²) in [6.45, 7) is 2.23. The smallest absolute Gasteiger partial charge is 0.205 e. The van der Waals surface area contributed by atoms with Crippen LogP contribution in [-0.2, 0) is 4.74 Å². The van der Waals surface area contributed by atoms with Gasteiger partial charge in [-0.15, -0.1) is 0 Å². The van der Waals surface area contributed by atoms with E-state index in [1.165, 1.54) is 25.7 Å². The molecule has 0 aromatic carbocycles. The maximum atomic E-state index is 5.33. The van der Waals surface area contributed by atoms with E-state index in [1.54, 1.807) is 7.11 Å². The molecule has 1 rings (SSSR count). The number of ether oxygens (including phenoxy) is 1. The molecule has 0 unspecified atom stereocenters. The maximum absolute atomic E-state index is 5.33. The van der Waals surface area contributed by atoms with Crippen molar-refractivity contribution < 1.29 is 4.74 Å². The number of nitrogens with two attached hydrogens (primary N) is 1. The summed E-state index contributed by atoms with van der Waals surface area (Å²) in [5.74, 6) is 6.89. The Labute approximate surface area is 91.4 Å². The zero-order chi connectivity index (χ0) is 10.9. The molecule has 0 saturated heterocycles. The quantitative estimate of drug-likeness (QED) is 0.195. The van der Waals surface area contributed by atoms with Gasteiger partial charge in [0.05, 0.1) is 6.61 Å². The molecule has 5 nitrogen and oxygen atoms in total. The predicted octanol–water partition coefficient (Wildman–Crippen LogP) is 0.232. The summed E-state index contributed by atoms with van der Waals surface area (Å²) < 4.78 is 4.92. The van der Waals surface area contributed by atoms with E-state index >= 15 is 0 Å². The molecule has 0 radical (unpaired) electrons. The van der Waals surface area contributed by atoms with Gasteiger partial charge in [-0.2, -0.15) is 0 Å². The van der Waals surface area contributed by atoms with Crippen LogP contribution in [0.2, 0.25) is 0 Å². The fourth-order valence-corrected chi connectivity index (χ4v) is 1.56. The summed E-state index contributed by atoms with van der Waals surface area (Å²) in [5, 5.41) is 3.07. The summed E-state index contributed by atoms with van der Waals surface area (Å²) in [5.41, 5.74) is 2.55. The standard InChI is InChI=1S/C10H22N4O/c1-15-8-7-13-10(14-11)12-6-5-9-3-2-4-9/h9H,2-8,11H2,1H3,(H2,12,13,14). The van der Waals surface area contributed by atoms with Gasteiger partial charge in [-0.3, -0.25) is 10.4 Å². The van der Waals surface area contributed by atoms with Crippen molar-refractivity contribution in [2.45, 2.75) is 25.7 Å². The van der Waals surface area contributed by atoms with E-state index in [-0.39, 0.29) is 0 Å². The van der Waals surface area contributed by atoms with Crippen LogP contribution in [0.1, 0.15) is 25.7 Å². The maximum Gasteiger partial charge on any atom is 0.205 e. The van der Waals surface area contributed by atoms with E-state index < -0.39 is 0 Å². The molecule has 0 bridgehead atoms. The number of hydrogen-bond acceptors (Lipinski definition) is 3. The number of guanidine groups is 1. The fraction of sp³-hybridized carbons (Fsp3) is 0.900. The highest BCUT2D eigenvalue weighted by molar-refractivity contribution is 5.79. The Balaban J connectivity index is 2.08. The summed E-state index contributed by atoms with van der Waals surface area (Å²) in [7, 11) is 1.67. The van der Waals surface area contributed by atoms with Crippen molar-refractivity contribution in [2.24, 2.45) is 16.8 Å². The second-order valence-corrected chi connectivity index (χ2v) is 3.88. The van der Waals surface area contributed by atoms with Gasteiger partial charge < -0.3 is 10.1 Å². The van der Waals surface area contributed by atoms with E-state index in [0.717, 1.165) is 19.0 Å². The zero-order valence-electron chi connectivity index (χ0n) is 9.46. The normalized spacial score (nSPS) is 17.3. The van der Waals surface area contributed by atoms with E-state index in [2.05, 4.69) is 15.7 Å². The van der Waals surface area contributed by atoms with Crippen LogP contribution < -0.4 is 16.6 Å². The molecule has 0 atom stereocenters. The Morgan fingerprint density at radius 1 is 1.53 bits per heavy atom. The molecule has 15 heavy (non-hydrogen) atoms. The van der Waals surface area contributed by atoms with Crippen LogP contribution in [0.15, 0.2) is 4.99 Å². The Kier molecular flexibility index (Phi) is 6.11. The molecule has 1 aliphatic rings. The van der Waals surface area contributed by atoms with E-state index in [1.807, 2.05) is 0 Å². The van der Waals surface area contributed by atoms with Crippen LogP contribution >= 0.6 is 0 Å². The van der Waals surface area contributed by atoms with Gasteiger partial charge in [-0.1, -0.05) is 19.3 Å². The third kappa shape index (κ3) is 4.99. The van der Waals surface area contributed by atoms with Crippen molar-refractivity contribution in [1.29, 1.82) is 0 Å². The molecule has 1 aliphatic carbocycles. The van der Waals surface area contributed by atoms with Gasteiger partial charge in [-0.05, 0) is 12.3 Å². The molecule has 88 valence electrons. The largest absolute Gasteiger partial charge is 0.383 e. The van der Waals surface area contributed by atoms with Crippen molar-refractivity contribution >= 4 is 5.96 Å². The topological polar surface area (TPSA) is 71.7 Å². The molecule has 0 aromatic heterocycles. The molecular formula is C10H22N4O. The summed E-state index contributed by atoms with van der Waals surface area (Å²) in [4.78, 5) is 4.35. The molecule has 4 N–H and O–H groups in total. The van der Waals surface area contributed by atoms with Crippen LogP contribution in [0.25, 0.3) is 0 Å². The monoisotopic (exact) mass is 214 g/mol. The number of aliphatic imine (C=N–C) groups is 1. The first-order valence-electron chi connectivity index (χ1n) is 5.60. The Morgan fingerprint density at radius 3 is 2.87 bits per heavy atom. The minimum atomic E-state index is 0.656. The van der Waals surface area contributed by atoms with Crippen LogP contribution in [0.5, 0.6) is 0 Å². The van der Waals surface area contributed by atoms with Crippen molar-refractivity contribution in [1.82, 2.24) is 10.7 Å². The van der Waals surface area contributed by atoms with Crippen molar-refractivity contribution in [3.05, 3.63) is 0 Å². The van der Waals surface area contributed by atoms with Gasteiger partial charge in [0, 0.05) is 20.2 Å². The van der Waals surface area contributed by atoms with Gasteiger partial charge in [0.1, 0.15) is 0 Å². The lowest BCUT2D eigenvalue weighted by atomic mass is 9.83. The SMILES string of the molecule is COCCNC(=NCCC1CCC1)NN. The minimum absolute atomic E-state index is 0.656. The molecule has 0 spiro atoms. The molecular weight excluding hydrogens is 192 g/mol. The summed E-state index contributed by atoms with van der Waals surface area (Å²) in [6, 6.07) is 0. The van der Waals surface area contributed by atoms with Crippen molar-refractivity contribution in [3.63, 3.8) is 0 Å². The number of methoxy groups -OCH3 is 1. The minimum Gasteiger partial charge on any atom is -0.383 e. The van der Waals surface area contributed by atoms with Crippen molar-refractivity contribution in [3.8, 4) is 0 Å². The van der Waals surface area contributed by atoms with Crippen molar-refractivity contribution in [2.75, 3.05) is 26.8 Å². The number of hydrogen-bond donors (Lipinski definition) is 3. The van der Waals surface area contributed by atoms with Crippen LogP contribution in [0.3, 0.4) is 0 Å². The Bertz CT molecular complexity index is 192. The Hall–Kier alpha value is -0.810. The molecule has 1 saturated carbocycles. The highest BCUT2D eigenvalue weighted by atomic mass is 16.5. The van der Waals surface area contributed by atoms with Gasteiger partial charge in [0.15, 0.2) is 0 Å². The average molecular weight is 214 g/mol. The van der Waals surface area contributed by atoms with E-state index in [9.17, 15) is 0 Å². The second kappa shape index (κ2) is 7.48. The number of hydrazine groups is 1. The van der Waals surface area contributed by atoms with Gasteiger partial charge in [0.2, 0.25) is 5.96 Å². The van der Waals surface area contributed by atoms with Gasteiger partial charge >= 0.3 is 0 Å². The van der Waals surface area contributed by atoms with Crippen LogP contribution in [0.4, 0.5) is 0 Å². The molecule has 0 aromatic rings. The van der Waals surface area contributed by atoms with Gasteiger partial charge in [0.25, 0.3) is 0 Å². The molecule has 0 aliphatic heterocycles. The first-order chi connectivity index (χ1) is 7.36. The highest BCUT2D eigenvalue weighted by Gasteiger charge is 2.16. The number of nitrogens with zero attached hydrogens (tertiary/aromatic N) is 1. The third-order valence-corrected chi connectivity index (χ3v) is 2.77. The van der Waals surface area contributed by atoms with E-state index in [4.69, 9.17) is 10.6 Å². The van der Waals surface area contributed by atoms with E-state index in [0.29, 0.717) is 12.6 Å². The molecule has 0 heterocycles. The van der Waals surface area contributed by atoms with Crippen LogP contribution in [-0.4, -0.2) is 32.8 Å². The average Bonchev–Trinajstić information content (AvgIpc) is 2.19.